The normalized spacial score (nSPS) is 12.6. The zero-order valence-electron chi connectivity index (χ0n) is 12.7. The fourth-order valence-corrected chi connectivity index (χ4v) is 2.74. The van der Waals surface area contributed by atoms with Gasteiger partial charge in [0.1, 0.15) is 5.75 Å². The van der Waals surface area contributed by atoms with Gasteiger partial charge < -0.3 is 10.1 Å². The van der Waals surface area contributed by atoms with Crippen LogP contribution in [0.2, 0.25) is 0 Å². The number of carbonyl (C=O) groups excluding carboxylic acids is 3. The van der Waals surface area contributed by atoms with Crippen LogP contribution in [0.3, 0.4) is 0 Å². The maximum absolute atomic E-state index is 12.5. The number of carbonyl (C=O) groups is 3. The minimum atomic E-state index is -0.468. The minimum absolute atomic E-state index is 0.249. The first-order valence-electron chi connectivity index (χ1n) is 7.23. The molecule has 0 unspecified atom stereocenters. The molecule has 0 fully saturated rings. The molecule has 2 aromatic rings. The molecule has 1 heterocycles. The molecule has 7 heteroatoms. The average Bonchev–Trinajstić information content (AvgIpc) is 2.82. The van der Waals surface area contributed by atoms with E-state index < -0.39 is 11.8 Å². The Balaban J connectivity index is 1.87. The number of rotatable bonds is 4. The smallest absolute Gasteiger partial charge is 0.259 e. The highest BCUT2D eigenvalue weighted by Gasteiger charge is 2.27. The van der Waals surface area contributed by atoms with Crippen LogP contribution in [0.1, 0.15) is 38.0 Å². The molecule has 3 amide bonds. The van der Waals surface area contributed by atoms with Gasteiger partial charge in [0.25, 0.3) is 17.7 Å². The Morgan fingerprint density at radius 1 is 1.12 bits per heavy atom. The van der Waals surface area contributed by atoms with Crippen LogP contribution in [0.15, 0.2) is 40.9 Å². The number of nitrogens with one attached hydrogen (secondary N) is 2. The zero-order chi connectivity index (χ0) is 17.3. The summed E-state index contributed by atoms with van der Waals surface area (Å²) in [5.41, 5.74) is 1.35. The molecule has 122 valence electrons. The van der Waals surface area contributed by atoms with E-state index in [1.807, 2.05) is 6.92 Å². The summed E-state index contributed by atoms with van der Waals surface area (Å²) in [4.78, 5) is 35.7. The third kappa shape index (κ3) is 3.03. The van der Waals surface area contributed by atoms with Gasteiger partial charge in [-0.15, -0.1) is 0 Å². The quantitative estimate of drug-likeness (QED) is 0.788. The third-order valence-corrected chi connectivity index (χ3v) is 3.98. The molecular formula is C17H13BrN2O4. The standard InChI is InChI=1S/C17H13BrN2O4/c1-2-24-14-7-9(18)3-5-12(14)16(22)19-10-4-6-11-13(8-10)17(23)20-15(11)21/h3-8H,2H2,1H3,(H,19,22)(H,20,21,23). The second-order valence-electron chi connectivity index (χ2n) is 5.07. The predicted molar refractivity (Wildman–Crippen MR) is 91.5 cm³/mol. The summed E-state index contributed by atoms with van der Waals surface area (Å²) >= 11 is 3.34. The average molecular weight is 389 g/mol. The van der Waals surface area contributed by atoms with E-state index in [0.29, 0.717) is 29.2 Å². The van der Waals surface area contributed by atoms with E-state index in [2.05, 4.69) is 26.6 Å². The summed E-state index contributed by atoms with van der Waals surface area (Å²) < 4.78 is 6.28. The van der Waals surface area contributed by atoms with Gasteiger partial charge in [-0.25, -0.2) is 0 Å². The molecule has 3 rings (SSSR count). The van der Waals surface area contributed by atoms with Crippen molar-refractivity contribution in [2.24, 2.45) is 0 Å². The molecule has 0 aliphatic carbocycles. The molecular weight excluding hydrogens is 376 g/mol. The summed E-state index contributed by atoms with van der Waals surface area (Å²) in [6.45, 7) is 2.26. The molecule has 1 aliphatic heterocycles. The van der Waals surface area contributed by atoms with Crippen LogP contribution in [-0.2, 0) is 0 Å². The summed E-state index contributed by atoms with van der Waals surface area (Å²) in [7, 11) is 0. The van der Waals surface area contributed by atoms with Crippen molar-refractivity contribution in [1.29, 1.82) is 0 Å². The first-order valence-corrected chi connectivity index (χ1v) is 8.02. The van der Waals surface area contributed by atoms with E-state index in [1.165, 1.54) is 12.1 Å². The van der Waals surface area contributed by atoms with Gasteiger partial charge in [-0.3, -0.25) is 19.7 Å². The lowest BCUT2D eigenvalue weighted by Crippen LogP contribution is -2.19. The minimum Gasteiger partial charge on any atom is -0.493 e. The Bertz CT molecular complexity index is 864. The molecule has 2 N–H and O–H groups in total. The van der Waals surface area contributed by atoms with E-state index in [9.17, 15) is 14.4 Å². The van der Waals surface area contributed by atoms with Crippen LogP contribution in [0.4, 0.5) is 5.69 Å². The van der Waals surface area contributed by atoms with Crippen LogP contribution in [0.25, 0.3) is 0 Å². The van der Waals surface area contributed by atoms with Crippen molar-refractivity contribution < 1.29 is 19.1 Å². The third-order valence-electron chi connectivity index (χ3n) is 3.48. The van der Waals surface area contributed by atoms with Gasteiger partial charge in [0.15, 0.2) is 0 Å². The number of fused-ring (bicyclic) bond motifs is 1. The number of benzene rings is 2. The van der Waals surface area contributed by atoms with Crippen molar-refractivity contribution in [1.82, 2.24) is 5.32 Å². The molecule has 0 aromatic heterocycles. The van der Waals surface area contributed by atoms with Crippen LogP contribution in [-0.4, -0.2) is 24.3 Å². The SMILES string of the molecule is CCOc1cc(Br)ccc1C(=O)Nc1ccc2c(c1)C(=O)NC2=O. The Hall–Kier alpha value is -2.67. The molecule has 0 spiro atoms. The van der Waals surface area contributed by atoms with Crippen LogP contribution in [0, 0.1) is 0 Å². The lowest BCUT2D eigenvalue weighted by Gasteiger charge is -2.11. The molecule has 0 saturated heterocycles. The molecule has 2 aromatic carbocycles. The van der Waals surface area contributed by atoms with Crippen LogP contribution < -0.4 is 15.4 Å². The number of amides is 3. The summed E-state index contributed by atoms with van der Waals surface area (Å²) in [5, 5.41) is 4.93. The van der Waals surface area contributed by atoms with Crippen molar-refractivity contribution in [3.8, 4) is 5.75 Å². The maximum atomic E-state index is 12.5. The lowest BCUT2D eigenvalue weighted by atomic mass is 10.1. The van der Waals surface area contributed by atoms with Crippen LogP contribution >= 0.6 is 15.9 Å². The number of imide groups is 1. The Morgan fingerprint density at radius 2 is 1.88 bits per heavy atom. The molecule has 0 saturated carbocycles. The number of anilines is 1. The fraction of sp³-hybridized carbons (Fsp3) is 0.118. The summed E-state index contributed by atoms with van der Waals surface area (Å²) in [5.74, 6) is -0.807. The Morgan fingerprint density at radius 3 is 2.62 bits per heavy atom. The molecule has 24 heavy (non-hydrogen) atoms. The van der Waals surface area contributed by atoms with Gasteiger partial charge in [0.05, 0.1) is 23.3 Å². The topological polar surface area (TPSA) is 84.5 Å². The van der Waals surface area contributed by atoms with Crippen molar-refractivity contribution in [3.05, 3.63) is 57.6 Å². The highest BCUT2D eigenvalue weighted by Crippen LogP contribution is 2.26. The molecule has 1 aliphatic rings. The zero-order valence-corrected chi connectivity index (χ0v) is 14.3. The predicted octanol–water partition coefficient (Wildman–Crippen LogP) is 2.98. The fourth-order valence-electron chi connectivity index (χ4n) is 2.40. The number of hydrogen-bond acceptors (Lipinski definition) is 4. The molecule has 6 nitrogen and oxygen atoms in total. The van der Waals surface area contributed by atoms with Gasteiger partial charge in [-0.2, -0.15) is 0 Å². The monoisotopic (exact) mass is 388 g/mol. The van der Waals surface area contributed by atoms with Crippen molar-refractivity contribution in [2.75, 3.05) is 11.9 Å². The summed E-state index contributed by atoms with van der Waals surface area (Å²) in [6, 6.07) is 9.67. The lowest BCUT2D eigenvalue weighted by molar-refractivity contribution is 0.0878. The van der Waals surface area contributed by atoms with Gasteiger partial charge in [0, 0.05) is 10.2 Å². The summed E-state index contributed by atoms with van der Waals surface area (Å²) in [6.07, 6.45) is 0. The van der Waals surface area contributed by atoms with Gasteiger partial charge in [0.2, 0.25) is 0 Å². The van der Waals surface area contributed by atoms with E-state index in [0.717, 1.165) is 4.47 Å². The van der Waals surface area contributed by atoms with Gasteiger partial charge in [-0.1, -0.05) is 15.9 Å². The van der Waals surface area contributed by atoms with Crippen molar-refractivity contribution in [3.63, 3.8) is 0 Å². The Labute approximate surface area is 146 Å². The van der Waals surface area contributed by atoms with E-state index in [1.54, 1.807) is 24.3 Å². The number of ether oxygens (including phenoxy) is 1. The number of hydrogen-bond donors (Lipinski definition) is 2. The van der Waals surface area contributed by atoms with Crippen molar-refractivity contribution >= 4 is 39.3 Å². The second-order valence-corrected chi connectivity index (χ2v) is 5.99. The van der Waals surface area contributed by atoms with E-state index in [-0.39, 0.29) is 11.5 Å². The largest absolute Gasteiger partial charge is 0.493 e. The van der Waals surface area contributed by atoms with Crippen LogP contribution in [0.5, 0.6) is 5.75 Å². The van der Waals surface area contributed by atoms with Gasteiger partial charge >= 0.3 is 0 Å². The number of halogens is 1. The molecule has 0 atom stereocenters. The second kappa shape index (κ2) is 6.45. The van der Waals surface area contributed by atoms with Crippen molar-refractivity contribution in [2.45, 2.75) is 6.92 Å². The van der Waals surface area contributed by atoms with E-state index >= 15 is 0 Å². The maximum Gasteiger partial charge on any atom is 0.259 e. The molecule has 0 bridgehead atoms. The van der Waals surface area contributed by atoms with Gasteiger partial charge in [-0.05, 0) is 43.3 Å². The Kier molecular flexibility index (Phi) is 4.35. The highest BCUT2D eigenvalue weighted by atomic mass is 79.9. The first-order chi connectivity index (χ1) is 11.5. The highest BCUT2D eigenvalue weighted by molar-refractivity contribution is 9.10. The molecule has 0 radical (unpaired) electrons. The van der Waals surface area contributed by atoms with E-state index in [4.69, 9.17) is 4.74 Å². The first kappa shape index (κ1) is 16.2.